The van der Waals surface area contributed by atoms with Crippen LogP contribution in [0.25, 0.3) is 0 Å². The van der Waals surface area contributed by atoms with Crippen LogP contribution in [0.15, 0.2) is 0 Å². The fourth-order valence-electron chi connectivity index (χ4n) is 1.81. The minimum Gasteiger partial charge on any atom is -0.444 e. The van der Waals surface area contributed by atoms with Gasteiger partial charge in [-0.25, -0.2) is 4.79 Å². The molecular formula is C12H24N2O2. The lowest BCUT2D eigenvalue weighted by Crippen LogP contribution is -2.39. The predicted molar refractivity (Wildman–Crippen MR) is 64.5 cm³/mol. The van der Waals surface area contributed by atoms with E-state index in [2.05, 4.69) is 17.3 Å². The number of nitrogens with one attached hydrogen (secondary N) is 1. The molecule has 1 aliphatic rings. The van der Waals surface area contributed by atoms with E-state index >= 15 is 0 Å². The maximum absolute atomic E-state index is 11.4. The third kappa shape index (κ3) is 5.35. The number of alkyl carbamates (subject to hydrolysis) is 1. The van der Waals surface area contributed by atoms with E-state index in [0.29, 0.717) is 5.92 Å². The lowest BCUT2D eigenvalue weighted by molar-refractivity contribution is 0.0511. The van der Waals surface area contributed by atoms with Gasteiger partial charge >= 0.3 is 6.09 Å². The van der Waals surface area contributed by atoms with E-state index in [1.807, 2.05) is 20.8 Å². The first kappa shape index (κ1) is 13.3. The van der Waals surface area contributed by atoms with Gasteiger partial charge in [-0.2, -0.15) is 0 Å². The lowest BCUT2D eigenvalue weighted by Gasteiger charge is -2.29. The molecule has 0 atom stereocenters. The van der Waals surface area contributed by atoms with Gasteiger partial charge in [0, 0.05) is 6.54 Å². The predicted octanol–water partition coefficient (Wildman–Crippen LogP) is 1.85. The van der Waals surface area contributed by atoms with E-state index in [0.717, 1.165) is 32.5 Å². The molecule has 1 amide bonds. The Bertz CT molecular complexity index is 228. The van der Waals surface area contributed by atoms with Crippen LogP contribution in [0, 0.1) is 5.92 Å². The standard InChI is InChI=1S/C12H24N2O2/c1-12(2,3)16-11(15)13-9-10-5-7-14(4)8-6-10/h10H,5-9H2,1-4H3,(H,13,15). The number of carbonyl (C=O) groups is 1. The summed E-state index contributed by atoms with van der Waals surface area (Å²) in [5, 5.41) is 2.84. The zero-order valence-corrected chi connectivity index (χ0v) is 10.9. The van der Waals surface area contributed by atoms with E-state index < -0.39 is 5.60 Å². The Morgan fingerprint density at radius 2 is 1.94 bits per heavy atom. The number of piperidine rings is 1. The van der Waals surface area contributed by atoms with Gasteiger partial charge in [0.05, 0.1) is 0 Å². The van der Waals surface area contributed by atoms with Crippen molar-refractivity contribution in [3.63, 3.8) is 0 Å². The summed E-state index contributed by atoms with van der Waals surface area (Å²) < 4.78 is 5.19. The van der Waals surface area contributed by atoms with Crippen molar-refractivity contribution in [3.05, 3.63) is 0 Å². The first-order chi connectivity index (χ1) is 7.37. The van der Waals surface area contributed by atoms with E-state index in [-0.39, 0.29) is 6.09 Å². The van der Waals surface area contributed by atoms with Crippen LogP contribution in [0.1, 0.15) is 33.6 Å². The Morgan fingerprint density at radius 1 is 1.38 bits per heavy atom. The van der Waals surface area contributed by atoms with E-state index in [1.54, 1.807) is 0 Å². The Labute approximate surface area is 98.3 Å². The SMILES string of the molecule is CN1CCC(CNC(=O)OC(C)(C)C)CC1. The Hall–Kier alpha value is -0.770. The molecule has 94 valence electrons. The summed E-state index contributed by atoms with van der Waals surface area (Å²) in [6.07, 6.45) is 2.02. The molecule has 0 aromatic rings. The van der Waals surface area contributed by atoms with E-state index in [1.165, 1.54) is 0 Å². The van der Waals surface area contributed by atoms with Crippen molar-refractivity contribution in [1.82, 2.24) is 10.2 Å². The summed E-state index contributed by atoms with van der Waals surface area (Å²) in [6, 6.07) is 0. The largest absolute Gasteiger partial charge is 0.444 e. The highest BCUT2D eigenvalue weighted by molar-refractivity contribution is 5.67. The van der Waals surface area contributed by atoms with Crippen LogP contribution in [-0.2, 0) is 4.74 Å². The Balaban J connectivity index is 2.17. The summed E-state index contributed by atoms with van der Waals surface area (Å²) in [6.45, 7) is 8.62. The summed E-state index contributed by atoms with van der Waals surface area (Å²) in [5.41, 5.74) is -0.406. The molecule has 1 heterocycles. The molecule has 0 unspecified atom stereocenters. The van der Waals surface area contributed by atoms with Crippen LogP contribution in [0.2, 0.25) is 0 Å². The summed E-state index contributed by atoms with van der Waals surface area (Å²) in [5.74, 6) is 0.601. The van der Waals surface area contributed by atoms with Crippen molar-refractivity contribution >= 4 is 6.09 Å². The molecule has 0 bridgehead atoms. The van der Waals surface area contributed by atoms with Gasteiger partial charge < -0.3 is 15.0 Å². The number of hydrogen-bond donors (Lipinski definition) is 1. The number of hydrogen-bond acceptors (Lipinski definition) is 3. The van der Waals surface area contributed by atoms with Crippen LogP contribution in [0.4, 0.5) is 4.79 Å². The Kier molecular flexibility index (Phi) is 4.59. The molecule has 1 rings (SSSR count). The van der Waals surface area contributed by atoms with Gasteiger partial charge in [0.25, 0.3) is 0 Å². The topological polar surface area (TPSA) is 41.6 Å². The second kappa shape index (κ2) is 5.53. The summed E-state index contributed by atoms with van der Waals surface area (Å²) in [7, 11) is 2.14. The molecule has 1 saturated heterocycles. The molecule has 0 spiro atoms. The van der Waals surface area contributed by atoms with Crippen LogP contribution < -0.4 is 5.32 Å². The highest BCUT2D eigenvalue weighted by atomic mass is 16.6. The fraction of sp³-hybridized carbons (Fsp3) is 0.917. The van der Waals surface area contributed by atoms with Crippen LogP contribution in [0.3, 0.4) is 0 Å². The quantitative estimate of drug-likeness (QED) is 0.784. The van der Waals surface area contributed by atoms with Gasteiger partial charge in [-0.05, 0) is 59.7 Å². The molecule has 0 aliphatic carbocycles. The first-order valence-corrected chi connectivity index (χ1v) is 6.02. The van der Waals surface area contributed by atoms with Crippen molar-refractivity contribution < 1.29 is 9.53 Å². The lowest BCUT2D eigenvalue weighted by atomic mass is 9.97. The molecule has 0 aromatic carbocycles. The average molecular weight is 228 g/mol. The van der Waals surface area contributed by atoms with Crippen molar-refractivity contribution in [2.45, 2.75) is 39.2 Å². The summed E-state index contributed by atoms with van der Waals surface area (Å²) >= 11 is 0. The molecule has 0 radical (unpaired) electrons. The van der Waals surface area contributed by atoms with Gasteiger partial charge in [-0.15, -0.1) is 0 Å². The number of ether oxygens (including phenoxy) is 1. The number of amides is 1. The van der Waals surface area contributed by atoms with Gasteiger partial charge in [0.15, 0.2) is 0 Å². The van der Waals surface area contributed by atoms with Gasteiger partial charge in [0.1, 0.15) is 5.60 Å². The third-order valence-corrected chi connectivity index (χ3v) is 2.77. The first-order valence-electron chi connectivity index (χ1n) is 6.02. The van der Waals surface area contributed by atoms with Crippen molar-refractivity contribution in [2.24, 2.45) is 5.92 Å². The fourth-order valence-corrected chi connectivity index (χ4v) is 1.81. The molecule has 1 aliphatic heterocycles. The molecule has 0 aromatic heterocycles. The molecule has 0 saturated carbocycles. The maximum atomic E-state index is 11.4. The summed E-state index contributed by atoms with van der Waals surface area (Å²) in [4.78, 5) is 13.7. The van der Waals surface area contributed by atoms with Crippen molar-refractivity contribution in [2.75, 3.05) is 26.7 Å². The molecule has 4 nitrogen and oxygen atoms in total. The molecule has 1 fully saturated rings. The van der Waals surface area contributed by atoms with Crippen LogP contribution >= 0.6 is 0 Å². The number of nitrogens with zero attached hydrogens (tertiary/aromatic N) is 1. The Morgan fingerprint density at radius 3 is 2.44 bits per heavy atom. The van der Waals surface area contributed by atoms with Crippen molar-refractivity contribution in [3.8, 4) is 0 Å². The number of rotatable bonds is 2. The van der Waals surface area contributed by atoms with Crippen LogP contribution in [0.5, 0.6) is 0 Å². The minimum absolute atomic E-state index is 0.300. The van der Waals surface area contributed by atoms with Crippen LogP contribution in [-0.4, -0.2) is 43.3 Å². The number of carbonyl (C=O) groups excluding carboxylic acids is 1. The zero-order valence-electron chi connectivity index (χ0n) is 10.9. The second-order valence-electron chi connectivity index (χ2n) is 5.63. The van der Waals surface area contributed by atoms with Gasteiger partial charge in [-0.1, -0.05) is 0 Å². The molecule has 1 N–H and O–H groups in total. The highest BCUT2D eigenvalue weighted by Gasteiger charge is 2.19. The second-order valence-corrected chi connectivity index (χ2v) is 5.63. The van der Waals surface area contributed by atoms with Crippen molar-refractivity contribution in [1.29, 1.82) is 0 Å². The number of likely N-dealkylation sites (tertiary alicyclic amines) is 1. The molecular weight excluding hydrogens is 204 g/mol. The average Bonchev–Trinajstić information content (AvgIpc) is 2.14. The molecule has 4 heteroatoms. The third-order valence-electron chi connectivity index (χ3n) is 2.77. The molecule has 16 heavy (non-hydrogen) atoms. The van der Waals surface area contributed by atoms with Gasteiger partial charge in [0.2, 0.25) is 0 Å². The van der Waals surface area contributed by atoms with E-state index in [4.69, 9.17) is 4.74 Å². The highest BCUT2D eigenvalue weighted by Crippen LogP contribution is 2.15. The zero-order chi connectivity index (χ0) is 12.2. The van der Waals surface area contributed by atoms with Gasteiger partial charge in [-0.3, -0.25) is 0 Å². The normalized spacial score (nSPS) is 19.5. The van der Waals surface area contributed by atoms with E-state index in [9.17, 15) is 4.79 Å². The smallest absolute Gasteiger partial charge is 0.407 e. The minimum atomic E-state index is -0.406. The maximum Gasteiger partial charge on any atom is 0.407 e. The monoisotopic (exact) mass is 228 g/mol.